The average Bonchev–Trinajstić information content (AvgIpc) is 2.93. The standard InChI is InChI=1S/C12H11F2N3O4/c1-20-9-3-2-8(17(18)19)6-10(9)21-7-11-15-4-5-16(11)12(13)14/h2-6,12H,7H2,1H3. The Morgan fingerprint density at radius 1 is 1.43 bits per heavy atom. The Labute approximate surface area is 117 Å². The first kappa shape index (κ1) is 14.7. The van der Waals surface area contributed by atoms with Crippen LogP contribution in [0.2, 0.25) is 0 Å². The Morgan fingerprint density at radius 3 is 2.81 bits per heavy atom. The zero-order valence-corrected chi connectivity index (χ0v) is 10.9. The number of rotatable bonds is 6. The number of ether oxygens (including phenoxy) is 2. The molecule has 0 fully saturated rings. The second-order valence-electron chi connectivity index (χ2n) is 3.91. The predicted molar refractivity (Wildman–Crippen MR) is 67.5 cm³/mol. The Morgan fingerprint density at radius 2 is 2.19 bits per heavy atom. The molecule has 0 N–H and O–H groups in total. The lowest BCUT2D eigenvalue weighted by Gasteiger charge is -2.11. The lowest BCUT2D eigenvalue weighted by atomic mass is 10.3. The number of aromatic nitrogens is 2. The monoisotopic (exact) mass is 299 g/mol. The second kappa shape index (κ2) is 6.16. The van der Waals surface area contributed by atoms with Gasteiger partial charge in [0, 0.05) is 18.5 Å². The van der Waals surface area contributed by atoms with Crippen molar-refractivity contribution in [3.8, 4) is 11.5 Å². The minimum Gasteiger partial charge on any atom is -0.493 e. The number of nitrogens with zero attached hydrogens (tertiary/aromatic N) is 3. The first-order valence-corrected chi connectivity index (χ1v) is 5.78. The minimum atomic E-state index is -2.74. The molecule has 0 spiro atoms. The van der Waals surface area contributed by atoms with Crippen LogP contribution in [0.15, 0.2) is 30.6 Å². The van der Waals surface area contributed by atoms with E-state index in [4.69, 9.17) is 9.47 Å². The molecular formula is C12H11F2N3O4. The molecule has 0 atom stereocenters. The van der Waals surface area contributed by atoms with Crippen LogP contribution in [0.25, 0.3) is 0 Å². The molecule has 0 aliphatic rings. The van der Waals surface area contributed by atoms with Crippen molar-refractivity contribution in [1.29, 1.82) is 0 Å². The highest BCUT2D eigenvalue weighted by Gasteiger charge is 2.15. The lowest BCUT2D eigenvalue weighted by Crippen LogP contribution is -2.07. The van der Waals surface area contributed by atoms with Gasteiger partial charge in [-0.25, -0.2) is 4.98 Å². The lowest BCUT2D eigenvalue weighted by molar-refractivity contribution is -0.385. The molecule has 0 radical (unpaired) electrons. The van der Waals surface area contributed by atoms with Gasteiger partial charge in [0.2, 0.25) is 0 Å². The molecule has 0 saturated heterocycles. The Bertz CT molecular complexity index is 645. The number of nitro benzene ring substituents is 1. The van der Waals surface area contributed by atoms with E-state index in [1.54, 1.807) is 0 Å². The summed E-state index contributed by atoms with van der Waals surface area (Å²) in [5.74, 6) is 0.338. The Hall–Kier alpha value is -2.71. The fourth-order valence-corrected chi connectivity index (χ4v) is 1.67. The summed E-state index contributed by atoms with van der Waals surface area (Å²) in [6.45, 7) is -3.01. The SMILES string of the molecule is COc1ccc([N+](=O)[O-])cc1OCc1nccn1C(F)F. The van der Waals surface area contributed by atoms with Crippen LogP contribution in [0.4, 0.5) is 14.5 Å². The topological polar surface area (TPSA) is 79.4 Å². The summed E-state index contributed by atoms with van der Waals surface area (Å²) >= 11 is 0. The first-order chi connectivity index (χ1) is 10.0. The van der Waals surface area contributed by atoms with Crippen LogP contribution in [-0.4, -0.2) is 21.6 Å². The van der Waals surface area contributed by atoms with Gasteiger partial charge in [0.25, 0.3) is 5.69 Å². The van der Waals surface area contributed by atoms with Gasteiger partial charge < -0.3 is 9.47 Å². The minimum absolute atomic E-state index is 0.00133. The van der Waals surface area contributed by atoms with Crippen molar-refractivity contribution in [2.24, 2.45) is 0 Å². The summed E-state index contributed by atoms with van der Waals surface area (Å²) < 4.78 is 36.3. The summed E-state index contributed by atoms with van der Waals surface area (Å²) in [6, 6.07) is 3.79. The van der Waals surface area contributed by atoms with E-state index in [1.165, 1.54) is 25.4 Å². The molecule has 21 heavy (non-hydrogen) atoms. The van der Waals surface area contributed by atoms with Crippen molar-refractivity contribution < 1.29 is 23.2 Å². The maximum Gasteiger partial charge on any atom is 0.320 e. The fraction of sp³-hybridized carbons (Fsp3) is 0.250. The molecule has 0 aliphatic heterocycles. The third kappa shape index (κ3) is 3.25. The van der Waals surface area contributed by atoms with Gasteiger partial charge in [0.1, 0.15) is 6.61 Å². The highest BCUT2D eigenvalue weighted by atomic mass is 19.3. The predicted octanol–water partition coefficient (Wildman–Crippen LogP) is 2.77. The quantitative estimate of drug-likeness (QED) is 0.605. The zero-order chi connectivity index (χ0) is 15.4. The number of non-ortho nitro benzene ring substituents is 1. The van der Waals surface area contributed by atoms with Gasteiger partial charge in [-0.1, -0.05) is 0 Å². The van der Waals surface area contributed by atoms with Crippen LogP contribution >= 0.6 is 0 Å². The summed E-state index contributed by atoms with van der Waals surface area (Å²) in [7, 11) is 1.37. The van der Waals surface area contributed by atoms with E-state index in [1.807, 2.05) is 0 Å². The third-order valence-electron chi connectivity index (χ3n) is 2.67. The highest BCUT2D eigenvalue weighted by Crippen LogP contribution is 2.31. The molecule has 1 aromatic carbocycles. The van der Waals surface area contributed by atoms with Gasteiger partial charge >= 0.3 is 6.55 Å². The first-order valence-electron chi connectivity index (χ1n) is 5.78. The second-order valence-corrected chi connectivity index (χ2v) is 3.91. The maximum atomic E-state index is 12.7. The number of alkyl halides is 2. The number of nitro groups is 1. The van der Waals surface area contributed by atoms with Gasteiger partial charge in [0.15, 0.2) is 17.3 Å². The van der Waals surface area contributed by atoms with Gasteiger partial charge in [-0.3, -0.25) is 14.7 Å². The summed E-state index contributed by atoms with van der Waals surface area (Å²) in [4.78, 5) is 13.9. The number of halogens is 2. The molecule has 0 amide bonds. The van der Waals surface area contributed by atoms with Crippen LogP contribution in [0, 0.1) is 10.1 Å². The molecule has 1 aromatic heterocycles. The normalized spacial score (nSPS) is 10.7. The van der Waals surface area contributed by atoms with Crippen molar-refractivity contribution >= 4 is 5.69 Å². The smallest absolute Gasteiger partial charge is 0.320 e. The molecule has 9 heteroatoms. The van der Waals surface area contributed by atoms with Gasteiger partial charge in [-0.15, -0.1) is 0 Å². The molecule has 1 heterocycles. The third-order valence-corrected chi connectivity index (χ3v) is 2.67. The van der Waals surface area contributed by atoms with Crippen molar-refractivity contribution in [2.75, 3.05) is 7.11 Å². The molecule has 7 nitrogen and oxygen atoms in total. The van der Waals surface area contributed by atoms with Crippen molar-refractivity contribution in [2.45, 2.75) is 13.2 Å². The molecule has 0 bridgehead atoms. The van der Waals surface area contributed by atoms with E-state index in [2.05, 4.69) is 4.98 Å². The van der Waals surface area contributed by atoms with E-state index in [-0.39, 0.29) is 29.6 Å². The van der Waals surface area contributed by atoms with Crippen LogP contribution in [-0.2, 0) is 6.61 Å². The van der Waals surface area contributed by atoms with Gasteiger partial charge in [-0.2, -0.15) is 8.78 Å². The Kier molecular flexibility index (Phi) is 4.31. The molecule has 0 saturated carbocycles. The maximum absolute atomic E-state index is 12.7. The average molecular weight is 299 g/mol. The molecule has 0 aliphatic carbocycles. The number of methoxy groups -OCH3 is 1. The largest absolute Gasteiger partial charge is 0.493 e. The molecule has 112 valence electrons. The number of hydrogen-bond acceptors (Lipinski definition) is 5. The van der Waals surface area contributed by atoms with Crippen LogP contribution in [0.1, 0.15) is 12.4 Å². The van der Waals surface area contributed by atoms with E-state index in [0.717, 1.165) is 12.3 Å². The fourth-order valence-electron chi connectivity index (χ4n) is 1.67. The summed E-state index contributed by atoms with van der Waals surface area (Å²) in [6.07, 6.45) is 2.34. The number of benzene rings is 1. The van der Waals surface area contributed by atoms with Crippen molar-refractivity contribution in [3.63, 3.8) is 0 Å². The molecule has 2 rings (SSSR count). The van der Waals surface area contributed by atoms with Crippen molar-refractivity contribution in [3.05, 3.63) is 46.5 Å². The van der Waals surface area contributed by atoms with E-state index in [9.17, 15) is 18.9 Å². The molecule has 0 unspecified atom stereocenters. The van der Waals surface area contributed by atoms with Crippen LogP contribution in [0.3, 0.4) is 0 Å². The number of hydrogen-bond donors (Lipinski definition) is 0. The van der Waals surface area contributed by atoms with E-state index < -0.39 is 11.5 Å². The summed E-state index contributed by atoms with van der Waals surface area (Å²) in [5.41, 5.74) is -0.192. The Balaban J connectivity index is 2.20. The molecule has 2 aromatic rings. The van der Waals surface area contributed by atoms with Crippen molar-refractivity contribution in [1.82, 2.24) is 9.55 Å². The summed E-state index contributed by atoms with van der Waals surface area (Å²) in [5, 5.41) is 10.7. The van der Waals surface area contributed by atoms with E-state index in [0.29, 0.717) is 4.57 Å². The van der Waals surface area contributed by atoms with E-state index >= 15 is 0 Å². The van der Waals surface area contributed by atoms with Crippen LogP contribution in [0.5, 0.6) is 11.5 Å². The molecular weight excluding hydrogens is 288 g/mol. The van der Waals surface area contributed by atoms with Gasteiger partial charge in [0.05, 0.1) is 18.1 Å². The highest BCUT2D eigenvalue weighted by molar-refractivity contribution is 5.48. The number of imidazole rings is 1. The van der Waals surface area contributed by atoms with Gasteiger partial charge in [-0.05, 0) is 6.07 Å². The van der Waals surface area contributed by atoms with Crippen LogP contribution < -0.4 is 9.47 Å². The zero-order valence-electron chi connectivity index (χ0n) is 10.9.